The fourth-order valence-corrected chi connectivity index (χ4v) is 2.50. The van der Waals surface area contributed by atoms with Crippen LogP contribution in [-0.2, 0) is 4.79 Å². The van der Waals surface area contributed by atoms with Gasteiger partial charge >= 0.3 is 0 Å². The van der Waals surface area contributed by atoms with Gasteiger partial charge in [0.05, 0.1) is 0 Å². The maximum absolute atomic E-state index is 11.0. The zero-order valence-electron chi connectivity index (χ0n) is 8.15. The minimum absolute atomic E-state index is 0.158. The lowest BCUT2D eigenvalue weighted by Gasteiger charge is -2.22. The molecule has 0 N–H and O–H groups in total. The lowest BCUT2D eigenvalue weighted by molar-refractivity contribution is -0.124. The van der Waals surface area contributed by atoms with E-state index in [9.17, 15) is 4.79 Å². The number of carbonyl (C=O) groups is 1. The van der Waals surface area contributed by atoms with E-state index in [0.717, 1.165) is 5.82 Å². The molecule has 1 aliphatic carbocycles. The van der Waals surface area contributed by atoms with E-state index in [0.29, 0.717) is 28.7 Å². The van der Waals surface area contributed by atoms with Crippen molar-refractivity contribution in [2.75, 3.05) is 0 Å². The Kier molecular flexibility index (Phi) is 2.16. The highest BCUT2D eigenvalue weighted by molar-refractivity contribution is 6.38. The molecule has 0 radical (unpaired) electrons. The zero-order valence-corrected chi connectivity index (χ0v) is 9.66. The fourth-order valence-electron chi connectivity index (χ4n) is 1.94. The van der Waals surface area contributed by atoms with Crippen LogP contribution in [0.25, 0.3) is 5.52 Å². The number of nitrogens with zero attached hydrogens (tertiary/aromatic N) is 3. The van der Waals surface area contributed by atoms with Crippen LogP contribution in [0.4, 0.5) is 0 Å². The third-order valence-electron chi connectivity index (χ3n) is 2.81. The third-order valence-corrected chi connectivity index (χ3v) is 3.35. The first-order valence-corrected chi connectivity index (χ1v) is 5.62. The molecule has 6 heteroatoms. The maximum atomic E-state index is 11.0. The van der Waals surface area contributed by atoms with E-state index >= 15 is 0 Å². The topological polar surface area (TPSA) is 47.3 Å². The number of fused-ring (bicyclic) bond motifs is 1. The average Bonchev–Trinajstić information content (AvgIpc) is 2.53. The molecule has 0 spiro atoms. The van der Waals surface area contributed by atoms with Crippen LogP contribution in [0.3, 0.4) is 0 Å². The van der Waals surface area contributed by atoms with Gasteiger partial charge in [0.1, 0.15) is 17.1 Å². The van der Waals surface area contributed by atoms with Gasteiger partial charge in [0, 0.05) is 31.2 Å². The Morgan fingerprint density at radius 2 is 2.06 bits per heavy atom. The number of aromatic nitrogens is 3. The predicted molar refractivity (Wildman–Crippen MR) is 60.0 cm³/mol. The van der Waals surface area contributed by atoms with Crippen molar-refractivity contribution in [2.45, 2.75) is 18.8 Å². The quantitative estimate of drug-likeness (QED) is 0.787. The monoisotopic (exact) mass is 255 g/mol. The molecule has 4 nitrogen and oxygen atoms in total. The van der Waals surface area contributed by atoms with Gasteiger partial charge in [-0.05, 0) is 0 Å². The number of hydrogen-bond acceptors (Lipinski definition) is 3. The molecule has 16 heavy (non-hydrogen) atoms. The first kappa shape index (κ1) is 10.1. The van der Waals surface area contributed by atoms with Crippen LogP contribution in [0.5, 0.6) is 0 Å². The molecular formula is C10H7Cl2N3O. The smallest absolute Gasteiger partial charge is 0.158 e. The van der Waals surface area contributed by atoms with Crippen LogP contribution in [-0.4, -0.2) is 20.2 Å². The number of rotatable bonds is 1. The fraction of sp³-hybridized carbons (Fsp3) is 0.300. The Hall–Kier alpha value is -1.13. The molecule has 2 aromatic rings. The molecule has 0 amide bonds. The summed E-state index contributed by atoms with van der Waals surface area (Å²) in [5.41, 5.74) is 0.611. The van der Waals surface area contributed by atoms with Gasteiger partial charge in [0.2, 0.25) is 0 Å². The zero-order chi connectivity index (χ0) is 11.3. The molecule has 0 aliphatic heterocycles. The second-order valence-electron chi connectivity index (χ2n) is 3.84. The largest absolute Gasteiger partial charge is 0.300 e. The highest BCUT2D eigenvalue weighted by Gasteiger charge is 2.32. The molecule has 82 valence electrons. The number of hydrogen-bond donors (Lipinski definition) is 0. The second-order valence-corrected chi connectivity index (χ2v) is 4.56. The molecule has 0 unspecified atom stereocenters. The third kappa shape index (κ3) is 1.33. The van der Waals surface area contributed by atoms with Crippen molar-refractivity contribution in [1.29, 1.82) is 0 Å². The van der Waals surface area contributed by atoms with Gasteiger partial charge in [-0.3, -0.25) is 9.20 Å². The molecule has 0 bridgehead atoms. The SMILES string of the molecule is O=C1CC(c2nc(Cl)c3c(Cl)nccn23)C1. The highest BCUT2D eigenvalue weighted by atomic mass is 35.5. The molecule has 1 saturated carbocycles. The first-order chi connectivity index (χ1) is 7.66. The van der Waals surface area contributed by atoms with Gasteiger partial charge in [-0.25, -0.2) is 9.97 Å². The molecule has 2 heterocycles. The Balaban J connectivity index is 2.19. The van der Waals surface area contributed by atoms with Crippen molar-refractivity contribution in [2.24, 2.45) is 0 Å². The maximum Gasteiger partial charge on any atom is 0.158 e. The molecule has 1 fully saturated rings. The van der Waals surface area contributed by atoms with Gasteiger partial charge in [0.15, 0.2) is 10.3 Å². The van der Waals surface area contributed by atoms with Gasteiger partial charge < -0.3 is 0 Å². The number of carbonyl (C=O) groups excluding carboxylic acids is 1. The number of imidazole rings is 1. The van der Waals surface area contributed by atoms with E-state index in [-0.39, 0.29) is 11.7 Å². The van der Waals surface area contributed by atoms with E-state index in [1.165, 1.54) is 0 Å². The van der Waals surface area contributed by atoms with Crippen LogP contribution in [0, 0.1) is 0 Å². The first-order valence-electron chi connectivity index (χ1n) is 4.86. The van der Waals surface area contributed by atoms with Crippen molar-refractivity contribution >= 4 is 34.5 Å². The Bertz CT molecular complexity index is 585. The van der Waals surface area contributed by atoms with Crippen LogP contribution in [0.15, 0.2) is 12.4 Å². The summed E-state index contributed by atoms with van der Waals surface area (Å²) in [7, 11) is 0. The van der Waals surface area contributed by atoms with Gasteiger partial charge in [0.25, 0.3) is 0 Å². The molecule has 2 aromatic heterocycles. The molecule has 3 rings (SSSR count). The minimum atomic E-state index is 0.158. The number of Topliss-reactive ketones (excluding diaryl/α,β-unsaturated/α-hetero) is 1. The number of ketones is 1. The van der Waals surface area contributed by atoms with Crippen molar-refractivity contribution < 1.29 is 4.79 Å². The average molecular weight is 256 g/mol. The number of halogens is 2. The highest BCUT2D eigenvalue weighted by Crippen LogP contribution is 2.36. The second kappa shape index (κ2) is 3.43. The van der Waals surface area contributed by atoms with Gasteiger partial charge in [-0.15, -0.1) is 0 Å². The van der Waals surface area contributed by atoms with E-state index in [4.69, 9.17) is 23.2 Å². The van der Waals surface area contributed by atoms with Crippen LogP contribution < -0.4 is 0 Å². The predicted octanol–water partition coefficient (Wildman–Crippen LogP) is 2.48. The Morgan fingerprint density at radius 1 is 1.31 bits per heavy atom. The molecule has 0 aromatic carbocycles. The van der Waals surface area contributed by atoms with Crippen molar-refractivity contribution in [3.05, 3.63) is 28.5 Å². The van der Waals surface area contributed by atoms with E-state index in [2.05, 4.69) is 9.97 Å². The summed E-state index contributed by atoms with van der Waals surface area (Å²) < 4.78 is 1.81. The lowest BCUT2D eigenvalue weighted by Crippen LogP contribution is -2.23. The Morgan fingerprint density at radius 3 is 2.75 bits per heavy atom. The summed E-state index contributed by atoms with van der Waals surface area (Å²) in [4.78, 5) is 19.2. The lowest BCUT2D eigenvalue weighted by atomic mass is 9.83. The molecule has 1 aliphatic rings. The van der Waals surface area contributed by atoms with Crippen LogP contribution >= 0.6 is 23.2 Å². The van der Waals surface area contributed by atoms with Crippen LogP contribution in [0.2, 0.25) is 10.3 Å². The van der Waals surface area contributed by atoms with Crippen LogP contribution in [0.1, 0.15) is 24.6 Å². The van der Waals surface area contributed by atoms with Gasteiger partial charge in [-0.2, -0.15) is 0 Å². The standard InChI is InChI=1S/C10H7Cl2N3O/c11-8-7-9(12)14-10(5-3-6(16)4-5)15(7)2-1-13-8/h1-2,5H,3-4H2. The minimum Gasteiger partial charge on any atom is -0.300 e. The van der Waals surface area contributed by atoms with Crippen molar-refractivity contribution in [3.8, 4) is 0 Å². The van der Waals surface area contributed by atoms with E-state index in [1.54, 1.807) is 12.4 Å². The Labute approximate surface area is 101 Å². The molecular weight excluding hydrogens is 249 g/mol. The van der Waals surface area contributed by atoms with Crippen molar-refractivity contribution in [1.82, 2.24) is 14.4 Å². The summed E-state index contributed by atoms with van der Waals surface area (Å²) >= 11 is 12.0. The van der Waals surface area contributed by atoms with E-state index < -0.39 is 0 Å². The summed E-state index contributed by atoms with van der Waals surface area (Å²) in [6.45, 7) is 0. The molecule has 0 saturated heterocycles. The van der Waals surface area contributed by atoms with Crippen molar-refractivity contribution in [3.63, 3.8) is 0 Å². The van der Waals surface area contributed by atoms with Gasteiger partial charge in [-0.1, -0.05) is 23.2 Å². The summed E-state index contributed by atoms with van der Waals surface area (Å²) in [5.74, 6) is 1.22. The summed E-state index contributed by atoms with van der Waals surface area (Å²) in [5, 5.41) is 0.671. The summed E-state index contributed by atoms with van der Waals surface area (Å²) in [6.07, 6.45) is 4.43. The molecule has 0 atom stereocenters. The summed E-state index contributed by atoms with van der Waals surface area (Å²) in [6, 6.07) is 0. The van der Waals surface area contributed by atoms with E-state index in [1.807, 2.05) is 4.40 Å². The normalized spacial score (nSPS) is 16.8.